The van der Waals surface area contributed by atoms with Crippen molar-refractivity contribution in [2.24, 2.45) is 0 Å². The lowest BCUT2D eigenvalue weighted by atomic mass is 9.92. The summed E-state index contributed by atoms with van der Waals surface area (Å²) in [5.41, 5.74) is 9.32. The van der Waals surface area contributed by atoms with E-state index < -0.39 is 0 Å². The van der Waals surface area contributed by atoms with Crippen LogP contribution in [0, 0.1) is 0 Å². The Morgan fingerprint density at radius 1 is 0.905 bits per heavy atom. The van der Waals surface area contributed by atoms with Gasteiger partial charge in [0.25, 0.3) is 0 Å². The van der Waals surface area contributed by atoms with Crippen molar-refractivity contribution in [3.05, 3.63) is 42.4 Å². The molecule has 0 fully saturated rings. The number of rotatable bonds is 1. The molecule has 0 saturated heterocycles. The van der Waals surface area contributed by atoms with Crippen molar-refractivity contribution in [1.82, 2.24) is 19.9 Å². The first-order valence-electron chi connectivity index (χ1n) is 6.80. The van der Waals surface area contributed by atoms with E-state index in [4.69, 9.17) is 5.73 Å². The van der Waals surface area contributed by atoms with E-state index in [1.807, 2.05) is 24.3 Å². The standard InChI is InChI=1S/C16H17N5/c1-16(2,3)13-9-14(17)21-15(20-13)10-4-5-11-12(8-10)19-7-6-18-11/h4-9H,1-3H3,(H2,17,20,21). The zero-order chi connectivity index (χ0) is 15.0. The maximum atomic E-state index is 5.93. The average Bonchev–Trinajstić information content (AvgIpc) is 2.45. The highest BCUT2D eigenvalue weighted by Crippen LogP contribution is 2.25. The van der Waals surface area contributed by atoms with E-state index in [-0.39, 0.29) is 5.41 Å². The van der Waals surface area contributed by atoms with Gasteiger partial charge in [0.15, 0.2) is 5.82 Å². The quantitative estimate of drug-likeness (QED) is 0.741. The molecule has 2 N–H and O–H groups in total. The molecule has 0 atom stereocenters. The Morgan fingerprint density at radius 3 is 2.33 bits per heavy atom. The Balaban J connectivity index is 2.16. The lowest BCUT2D eigenvalue weighted by Gasteiger charge is -2.18. The van der Waals surface area contributed by atoms with E-state index in [2.05, 4.69) is 40.7 Å². The van der Waals surface area contributed by atoms with E-state index in [1.165, 1.54) is 0 Å². The van der Waals surface area contributed by atoms with Crippen LogP contribution in [0.15, 0.2) is 36.7 Å². The zero-order valence-corrected chi connectivity index (χ0v) is 12.3. The maximum absolute atomic E-state index is 5.93. The van der Waals surface area contributed by atoms with Crippen molar-refractivity contribution in [2.45, 2.75) is 26.2 Å². The van der Waals surface area contributed by atoms with E-state index in [9.17, 15) is 0 Å². The smallest absolute Gasteiger partial charge is 0.161 e. The molecule has 0 aliphatic heterocycles. The number of benzene rings is 1. The Labute approximate surface area is 123 Å². The van der Waals surface area contributed by atoms with Gasteiger partial charge < -0.3 is 5.73 Å². The minimum atomic E-state index is -0.0809. The van der Waals surface area contributed by atoms with Crippen molar-refractivity contribution in [3.63, 3.8) is 0 Å². The monoisotopic (exact) mass is 279 g/mol. The molecule has 1 aromatic carbocycles. The second kappa shape index (κ2) is 4.77. The summed E-state index contributed by atoms with van der Waals surface area (Å²) >= 11 is 0. The third kappa shape index (κ3) is 2.67. The molecule has 106 valence electrons. The van der Waals surface area contributed by atoms with Crippen molar-refractivity contribution < 1.29 is 0 Å². The summed E-state index contributed by atoms with van der Waals surface area (Å²) in [5, 5.41) is 0. The minimum Gasteiger partial charge on any atom is -0.384 e. The van der Waals surface area contributed by atoms with E-state index in [0.29, 0.717) is 11.6 Å². The molecule has 2 heterocycles. The van der Waals surface area contributed by atoms with E-state index in [0.717, 1.165) is 22.3 Å². The fourth-order valence-corrected chi connectivity index (χ4v) is 2.08. The number of hydrogen-bond acceptors (Lipinski definition) is 5. The molecule has 0 unspecified atom stereocenters. The first kappa shape index (κ1) is 13.4. The largest absolute Gasteiger partial charge is 0.384 e. The Bertz CT molecular complexity index is 805. The fourth-order valence-electron chi connectivity index (χ4n) is 2.08. The molecular formula is C16H17N5. The van der Waals surface area contributed by atoms with Crippen LogP contribution in [0.25, 0.3) is 22.4 Å². The maximum Gasteiger partial charge on any atom is 0.161 e. The second-order valence-electron chi connectivity index (χ2n) is 6.01. The second-order valence-corrected chi connectivity index (χ2v) is 6.01. The number of nitrogens with zero attached hydrogens (tertiary/aromatic N) is 4. The molecule has 0 amide bonds. The summed E-state index contributed by atoms with van der Waals surface area (Å²) in [6.07, 6.45) is 3.35. The van der Waals surface area contributed by atoms with Crippen LogP contribution in [0.1, 0.15) is 26.5 Å². The summed E-state index contributed by atoms with van der Waals surface area (Å²) in [4.78, 5) is 17.6. The van der Waals surface area contributed by atoms with Gasteiger partial charge in [-0.05, 0) is 18.2 Å². The Kier molecular flexibility index (Phi) is 3.05. The van der Waals surface area contributed by atoms with Gasteiger partial charge in [0.05, 0.1) is 16.7 Å². The number of nitrogens with two attached hydrogens (primary N) is 1. The van der Waals surface area contributed by atoms with Crippen molar-refractivity contribution in [3.8, 4) is 11.4 Å². The van der Waals surface area contributed by atoms with Gasteiger partial charge in [-0.3, -0.25) is 9.97 Å². The average molecular weight is 279 g/mol. The van der Waals surface area contributed by atoms with E-state index >= 15 is 0 Å². The Morgan fingerprint density at radius 2 is 1.62 bits per heavy atom. The van der Waals surface area contributed by atoms with Crippen LogP contribution in [-0.4, -0.2) is 19.9 Å². The number of hydrogen-bond donors (Lipinski definition) is 1. The fraction of sp³-hybridized carbons (Fsp3) is 0.250. The summed E-state index contributed by atoms with van der Waals surface area (Å²) in [5.74, 6) is 1.09. The van der Waals surface area contributed by atoms with Crippen LogP contribution in [0.4, 0.5) is 5.82 Å². The van der Waals surface area contributed by atoms with Crippen LogP contribution in [0.5, 0.6) is 0 Å². The first-order valence-corrected chi connectivity index (χ1v) is 6.80. The Hall–Kier alpha value is -2.56. The van der Waals surface area contributed by atoms with Gasteiger partial charge in [0, 0.05) is 29.4 Å². The van der Waals surface area contributed by atoms with Crippen LogP contribution < -0.4 is 5.73 Å². The van der Waals surface area contributed by atoms with Crippen LogP contribution in [0.3, 0.4) is 0 Å². The van der Waals surface area contributed by atoms with Crippen LogP contribution in [-0.2, 0) is 5.41 Å². The number of nitrogen functional groups attached to an aromatic ring is 1. The van der Waals surface area contributed by atoms with Gasteiger partial charge in [-0.1, -0.05) is 20.8 Å². The van der Waals surface area contributed by atoms with Crippen LogP contribution in [0.2, 0.25) is 0 Å². The zero-order valence-electron chi connectivity index (χ0n) is 12.3. The summed E-state index contributed by atoms with van der Waals surface area (Å²) in [6, 6.07) is 7.62. The molecule has 0 radical (unpaired) electrons. The third-order valence-corrected chi connectivity index (χ3v) is 3.24. The highest BCUT2D eigenvalue weighted by Gasteiger charge is 2.18. The third-order valence-electron chi connectivity index (χ3n) is 3.24. The molecule has 21 heavy (non-hydrogen) atoms. The molecular weight excluding hydrogens is 262 g/mol. The van der Waals surface area contributed by atoms with Crippen molar-refractivity contribution >= 4 is 16.9 Å². The minimum absolute atomic E-state index is 0.0809. The van der Waals surface area contributed by atoms with Gasteiger partial charge in [-0.2, -0.15) is 0 Å². The summed E-state index contributed by atoms with van der Waals surface area (Å²) in [6.45, 7) is 6.30. The van der Waals surface area contributed by atoms with Gasteiger partial charge in [-0.15, -0.1) is 0 Å². The molecule has 0 saturated carbocycles. The normalized spacial score (nSPS) is 11.8. The summed E-state index contributed by atoms with van der Waals surface area (Å²) in [7, 11) is 0. The molecule has 3 rings (SSSR count). The summed E-state index contributed by atoms with van der Waals surface area (Å²) < 4.78 is 0. The van der Waals surface area contributed by atoms with Crippen molar-refractivity contribution in [1.29, 1.82) is 0 Å². The van der Waals surface area contributed by atoms with Gasteiger partial charge in [-0.25, -0.2) is 9.97 Å². The topological polar surface area (TPSA) is 77.6 Å². The highest BCUT2D eigenvalue weighted by atomic mass is 15.0. The predicted octanol–water partition coefficient (Wildman–Crippen LogP) is 2.97. The van der Waals surface area contributed by atoms with Gasteiger partial charge in [0.1, 0.15) is 5.82 Å². The predicted molar refractivity (Wildman–Crippen MR) is 83.7 cm³/mol. The van der Waals surface area contributed by atoms with E-state index in [1.54, 1.807) is 12.4 Å². The number of aromatic nitrogens is 4. The lowest BCUT2D eigenvalue weighted by Crippen LogP contribution is -2.15. The first-order chi connectivity index (χ1) is 9.93. The van der Waals surface area contributed by atoms with Gasteiger partial charge >= 0.3 is 0 Å². The van der Waals surface area contributed by atoms with Crippen LogP contribution >= 0.6 is 0 Å². The molecule has 3 aromatic rings. The molecule has 5 heteroatoms. The molecule has 0 bridgehead atoms. The molecule has 2 aromatic heterocycles. The molecule has 5 nitrogen and oxygen atoms in total. The lowest BCUT2D eigenvalue weighted by molar-refractivity contribution is 0.568. The van der Waals surface area contributed by atoms with Gasteiger partial charge in [0.2, 0.25) is 0 Å². The number of fused-ring (bicyclic) bond motifs is 1. The molecule has 0 aliphatic rings. The highest BCUT2D eigenvalue weighted by molar-refractivity contribution is 5.79. The SMILES string of the molecule is CC(C)(C)c1cc(N)nc(-c2ccc3nccnc3c2)n1. The van der Waals surface area contributed by atoms with Crippen molar-refractivity contribution in [2.75, 3.05) is 5.73 Å². The number of anilines is 1. The molecule has 0 spiro atoms. The molecule has 0 aliphatic carbocycles.